The molecule has 2 aromatic carbocycles. The van der Waals surface area contributed by atoms with Gasteiger partial charge < -0.3 is 20.3 Å². The Balaban J connectivity index is 1.96. The van der Waals surface area contributed by atoms with Crippen LogP contribution in [0.3, 0.4) is 0 Å². The number of hydrogen-bond acceptors (Lipinski definition) is 6. The smallest absolute Gasteiger partial charge is 0.244 e. The van der Waals surface area contributed by atoms with Gasteiger partial charge in [0.15, 0.2) is 11.5 Å². The zero-order valence-corrected chi connectivity index (χ0v) is 16.2. The van der Waals surface area contributed by atoms with Crippen molar-refractivity contribution >= 4 is 21.8 Å². The summed E-state index contributed by atoms with van der Waals surface area (Å²) in [4.78, 5) is 12.1. The maximum absolute atomic E-state index is 12.1. The van der Waals surface area contributed by atoms with Crippen molar-refractivity contribution < 1.29 is 28.2 Å². The van der Waals surface area contributed by atoms with Crippen LogP contribution in [-0.2, 0) is 19.4 Å². The average Bonchev–Trinajstić information content (AvgIpc) is 2.65. The van der Waals surface area contributed by atoms with Crippen molar-refractivity contribution in [3.05, 3.63) is 65.7 Å². The number of rotatable bonds is 9. The molecule has 2 aromatic rings. The predicted octanol–water partition coefficient (Wildman–Crippen LogP) is 2.03. The molecule has 28 heavy (non-hydrogen) atoms. The fraction of sp³-hybridized carbons (Fsp3) is 0.250. The second-order valence-corrected chi connectivity index (χ2v) is 8.49. The summed E-state index contributed by atoms with van der Waals surface area (Å²) in [7, 11) is -3.14. The number of amides is 1. The number of hydrogen-bond donors (Lipinski definition) is 3. The SMILES string of the molecule is CS(=O)(=O)CCOC(CNC(=O)/C=C/c1ccc(O)c(O)c1)c1ccccc1. The van der Waals surface area contributed by atoms with E-state index in [2.05, 4.69) is 5.32 Å². The Morgan fingerprint density at radius 1 is 1.14 bits per heavy atom. The normalized spacial score (nSPS) is 12.8. The zero-order valence-electron chi connectivity index (χ0n) is 15.4. The van der Waals surface area contributed by atoms with Crippen LogP contribution in [0.4, 0.5) is 0 Å². The number of carbonyl (C=O) groups is 1. The number of phenolic OH excluding ortho intramolecular Hbond substituents is 2. The Morgan fingerprint density at radius 3 is 2.50 bits per heavy atom. The molecule has 150 valence electrons. The summed E-state index contributed by atoms with van der Waals surface area (Å²) < 4.78 is 28.2. The number of carbonyl (C=O) groups excluding carboxylic acids is 1. The molecule has 0 saturated heterocycles. The van der Waals surface area contributed by atoms with Gasteiger partial charge in [-0.2, -0.15) is 0 Å². The second-order valence-electron chi connectivity index (χ2n) is 6.23. The molecule has 1 unspecified atom stereocenters. The highest BCUT2D eigenvalue weighted by atomic mass is 32.2. The molecular formula is C20H23NO6S. The molecule has 7 nitrogen and oxygen atoms in total. The lowest BCUT2D eigenvalue weighted by Crippen LogP contribution is -2.29. The molecule has 0 aliphatic rings. The number of sulfone groups is 1. The van der Waals surface area contributed by atoms with Crippen LogP contribution in [0.5, 0.6) is 11.5 Å². The Hall–Kier alpha value is -2.84. The van der Waals surface area contributed by atoms with Gasteiger partial charge in [-0.15, -0.1) is 0 Å². The number of aromatic hydroxyl groups is 2. The minimum atomic E-state index is -3.14. The summed E-state index contributed by atoms with van der Waals surface area (Å²) in [6.07, 6.45) is 3.45. The lowest BCUT2D eigenvalue weighted by molar-refractivity contribution is -0.117. The van der Waals surface area contributed by atoms with Gasteiger partial charge in [0.1, 0.15) is 9.84 Å². The molecule has 2 rings (SSSR count). The van der Waals surface area contributed by atoms with Crippen LogP contribution in [-0.4, -0.2) is 49.7 Å². The van der Waals surface area contributed by atoms with E-state index >= 15 is 0 Å². The fourth-order valence-electron chi connectivity index (χ4n) is 2.35. The molecule has 0 aromatic heterocycles. The van der Waals surface area contributed by atoms with Crippen molar-refractivity contribution in [2.45, 2.75) is 6.10 Å². The number of benzene rings is 2. The second kappa shape index (κ2) is 9.91. The lowest BCUT2D eigenvalue weighted by atomic mass is 10.1. The van der Waals surface area contributed by atoms with Gasteiger partial charge in [-0.25, -0.2) is 8.42 Å². The van der Waals surface area contributed by atoms with Crippen molar-refractivity contribution in [2.75, 3.05) is 25.2 Å². The fourth-order valence-corrected chi connectivity index (χ4v) is 2.75. The molecule has 1 amide bonds. The average molecular weight is 405 g/mol. The standard InChI is InChI=1S/C20H23NO6S/c1-28(25,26)12-11-27-19(16-5-3-2-4-6-16)14-21-20(24)10-8-15-7-9-17(22)18(23)13-15/h2-10,13,19,22-23H,11-12,14H2,1H3,(H,21,24)/b10-8+. The predicted molar refractivity (Wildman–Crippen MR) is 107 cm³/mol. The van der Waals surface area contributed by atoms with E-state index in [0.717, 1.165) is 11.8 Å². The van der Waals surface area contributed by atoms with Crippen molar-refractivity contribution in [3.8, 4) is 11.5 Å². The largest absolute Gasteiger partial charge is 0.504 e. The van der Waals surface area contributed by atoms with E-state index in [9.17, 15) is 23.4 Å². The Labute approximate surface area is 164 Å². The van der Waals surface area contributed by atoms with Gasteiger partial charge in [-0.3, -0.25) is 4.79 Å². The molecule has 0 spiro atoms. The first-order valence-corrected chi connectivity index (χ1v) is 10.6. The third-order valence-corrected chi connectivity index (χ3v) is 4.74. The van der Waals surface area contributed by atoms with Crippen LogP contribution in [0, 0.1) is 0 Å². The van der Waals surface area contributed by atoms with E-state index in [1.165, 1.54) is 24.3 Å². The van der Waals surface area contributed by atoms with Gasteiger partial charge >= 0.3 is 0 Å². The van der Waals surface area contributed by atoms with Crippen molar-refractivity contribution in [3.63, 3.8) is 0 Å². The maximum Gasteiger partial charge on any atom is 0.244 e. The minimum absolute atomic E-state index is 0.0247. The van der Waals surface area contributed by atoms with Crippen LogP contribution in [0.25, 0.3) is 6.08 Å². The van der Waals surface area contributed by atoms with Gasteiger partial charge in [-0.1, -0.05) is 36.4 Å². The van der Waals surface area contributed by atoms with Crippen LogP contribution >= 0.6 is 0 Å². The first kappa shape index (κ1) is 21.5. The molecule has 1 atom stereocenters. The van der Waals surface area contributed by atoms with Crippen LogP contribution in [0.2, 0.25) is 0 Å². The summed E-state index contributed by atoms with van der Waals surface area (Å²) in [5, 5.41) is 21.5. The summed E-state index contributed by atoms with van der Waals surface area (Å²) in [5.41, 5.74) is 1.37. The molecule has 0 aliphatic heterocycles. The topological polar surface area (TPSA) is 113 Å². The molecule has 0 bridgehead atoms. The van der Waals surface area contributed by atoms with Gasteiger partial charge in [0, 0.05) is 18.9 Å². The van der Waals surface area contributed by atoms with Gasteiger partial charge in [0.05, 0.1) is 18.5 Å². The maximum atomic E-state index is 12.1. The van der Waals surface area contributed by atoms with E-state index < -0.39 is 15.9 Å². The quantitative estimate of drug-likeness (QED) is 0.435. The first-order valence-electron chi connectivity index (χ1n) is 8.57. The highest BCUT2D eigenvalue weighted by molar-refractivity contribution is 7.90. The first-order chi connectivity index (χ1) is 13.2. The summed E-state index contributed by atoms with van der Waals surface area (Å²) in [6.45, 7) is 0.189. The van der Waals surface area contributed by atoms with Crippen molar-refractivity contribution in [2.24, 2.45) is 0 Å². The zero-order chi connectivity index (χ0) is 20.6. The molecule has 0 fully saturated rings. The van der Waals surface area contributed by atoms with E-state index in [4.69, 9.17) is 4.74 Å². The number of ether oxygens (including phenoxy) is 1. The Kier molecular flexibility index (Phi) is 7.60. The van der Waals surface area contributed by atoms with Crippen LogP contribution in [0.15, 0.2) is 54.6 Å². The highest BCUT2D eigenvalue weighted by Crippen LogP contribution is 2.25. The van der Waals surface area contributed by atoms with Crippen molar-refractivity contribution in [1.82, 2.24) is 5.32 Å². The third kappa shape index (κ3) is 7.42. The van der Waals surface area contributed by atoms with Gasteiger partial charge in [0.2, 0.25) is 5.91 Å². The molecule has 8 heteroatoms. The van der Waals surface area contributed by atoms with E-state index in [0.29, 0.717) is 5.56 Å². The van der Waals surface area contributed by atoms with E-state index in [1.807, 2.05) is 30.3 Å². The molecule has 0 heterocycles. The summed E-state index contributed by atoms with van der Waals surface area (Å²) >= 11 is 0. The molecular weight excluding hydrogens is 382 g/mol. The molecule has 0 saturated carbocycles. The molecule has 3 N–H and O–H groups in total. The van der Waals surface area contributed by atoms with Crippen molar-refractivity contribution in [1.29, 1.82) is 0 Å². The summed E-state index contributed by atoms with van der Waals surface area (Å²) in [5.74, 6) is -0.987. The highest BCUT2D eigenvalue weighted by Gasteiger charge is 2.14. The molecule has 0 radical (unpaired) electrons. The summed E-state index contributed by atoms with van der Waals surface area (Å²) in [6, 6.07) is 13.4. The van der Waals surface area contributed by atoms with E-state index in [-0.39, 0.29) is 36.3 Å². The monoisotopic (exact) mass is 405 g/mol. The van der Waals surface area contributed by atoms with Crippen LogP contribution in [0.1, 0.15) is 17.2 Å². The van der Waals surface area contributed by atoms with E-state index in [1.54, 1.807) is 6.07 Å². The number of phenols is 2. The lowest BCUT2D eigenvalue weighted by Gasteiger charge is -2.18. The van der Waals surface area contributed by atoms with Gasteiger partial charge in [-0.05, 0) is 29.3 Å². The third-order valence-electron chi connectivity index (χ3n) is 3.83. The van der Waals surface area contributed by atoms with Crippen LogP contribution < -0.4 is 5.32 Å². The Bertz CT molecular complexity index is 925. The van der Waals surface area contributed by atoms with Gasteiger partial charge in [0.25, 0.3) is 0 Å². The Morgan fingerprint density at radius 2 is 1.86 bits per heavy atom. The molecule has 0 aliphatic carbocycles. The number of nitrogens with one attached hydrogen (secondary N) is 1. The minimum Gasteiger partial charge on any atom is -0.504 e.